The van der Waals surface area contributed by atoms with E-state index in [1.807, 2.05) is 0 Å². The largest absolute Gasteiger partial charge is 0.324 e. The summed E-state index contributed by atoms with van der Waals surface area (Å²) >= 11 is 2.88. The highest BCUT2D eigenvalue weighted by molar-refractivity contribution is 9.10. The summed E-state index contributed by atoms with van der Waals surface area (Å²) < 4.78 is 50.6. The number of nitrogens with two attached hydrogens (primary N) is 1. The van der Waals surface area contributed by atoms with Gasteiger partial charge in [0, 0.05) is 22.5 Å². The van der Waals surface area contributed by atoms with Gasteiger partial charge in [0.15, 0.2) is 0 Å². The third-order valence-electron chi connectivity index (χ3n) is 1.85. The van der Waals surface area contributed by atoms with Crippen molar-refractivity contribution in [1.29, 1.82) is 0 Å². The molecule has 1 rings (SSSR count). The normalized spacial score (nSPS) is 13.3. The summed E-state index contributed by atoms with van der Waals surface area (Å²) in [6.45, 7) is 0. The lowest BCUT2D eigenvalue weighted by Gasteiger charge is -2.13. The van der Waals surface area contributed by atoms with Crippen LogP contribution in [0.1, 0.15) is 18.0 Å². The van der Waals surface area contributed by atoms with Gasteiger partial charge in [-0.1, -0.05) is 15.9 Å². The highest BCUT2D eigenvalue weighted by Crippen LogP contribution is 2.26. The van der Waals surface area contributed by atoms with Crippen molar-refractivity contribution in [3.8, 4) is 0 Å². The van der Waals surface area contributed by atoms with Crippen LogP contribution < -0.4 is 5.73 Å². The summed E-state index contributed by atoms with van der Waals surface area (Å²) in [5.41, 5.74) is 4.77. The first-order chi connectivity index (χ1) is 6.91. The van der Waals surface area contributed by atoms with Crippen molar-refractivity contribution >= 4 is 15.9 Å². The van der Waals surface area contributed by atoms with Crippen molar-refractivity contribution in [3.05, 3.63) is 33.8 Å². The fraction of sp³-hybridized carbons (Fsp3) is 0.333. The molecule has 0 amide bonds. The van der Waals surface area contributed by atoms with Crippen LogP contribution in [0.15, 0.2) is 16.6 Å². The summed E-state index contributed by atoms with van der Waals surface area (Å²) in [5, 5.41) is 0. The molecule has 0 heterocycles. The molecule has 0 saturated carbocycles. The predicted octanol–water partition coefficient (Wildman–Crippen LogP) is 3.38. The lowest BCUT2D eigenvalue weighted by atomic mass is 10.0. The second-order valence-electron chi connectivity index (χ2n) is 3.02. The van der Waals surface area contributed by atoms with Crippen LogP contribution in [0.3, 0.4) is 0 Å². The molecular formula is C9H8BrF4N. The molecule has 0 unspecified atom stereocenters. The van der Waals surface area contributed by atoms with Crippen molar-refractivity contribution in [2.24, 2.45) is 5.73 Å². The van der Waals surface area contributed by atoms with Crippen molar-refractivity contribution in [2.45, 2.75) is 18.9 Å². The molecule has 0 fully saturated rings. The van der Waals surface area contributed by atoms with Gasteiger partial charge in [0.1, 0.15) is 11.6 Å². The minimum atomic E-state index is -2.69. The van der Waals surface area contributed by atoms with Gasteiger partial charge in [-0.2, -0.15) is 0 Å². The standard InChI is InChI=1S/C9H8BrF4N/c10-4-1-5(11)9(6(12)2-4)7(15)3-8(13)14/h1-2,7-8H,3,15H2/t7-/m0/s1. The zero-order valence-corrected chi connectivity index (χ0v) is 9.07. The lowest BCUT2D eigenvalue weighted by Crippen LogP contribution is -2.17. The van der Waals surface area contributed by atoms with Crippen LogP contribution in [0.5, 0.6) is 0 Å². The maximum Gasteiger partial charge on any atom is 0.240 e. The highest BCUT2D eigenvalue weighted by atomic mass is 79.9. The van der Waals surface area contributed by atoms with Gasteiger partial charge in [0.05, 0.1) is 0 Å². The number of alkyl halides is 2. The molecular weight excluding hydrogens is 278 g/mol. The Bertz CT molecular complexity index is 333. The van der Waals surface area contributed by atoms with Crippen LogP contribution >= 0.6 is 15.9 Å². The number of hydrogen-bond donors (Lipinski definition) is 1. The second-order valence-corrected chi connectivity index (χ2v) is 3.93. The zero-order valence-electron chi connectivity index (χ0n) is 7.48. The Morgan fingerprint density at radius 1 is 1.20 bits per heavy atom. The van der Waals surface area contributed by atoms with E-state index < -0.39 is 36.1 Å². The first-order valence-electron chi connectivity index (χ1n) is 4.10. The van der Waals surface area contributed by atoms with Crippen molar-refractivity contribution in [1.82, 2.24) is 0 Å². The summed E-state index contributed by atoms with van der Waals surface area (Å²) in [6.07, 6.45) is -3.46. The number of hydrogen-bond acceptors (Lipinski definition) is 1. The molecule has 1 nitrogen and oxygen atoms in total. The average molecular weight is 286 g/mol. The van der Waals surface area contributed by atoms with Crippen LogP contribution in [0.2, 0.25) is 0 Å². The summed E-state index contributed by atoms with van der Waals surface area (Å²) in [4.78, 5) is 0. The molecule has 2 N–H and O–H groups in total. The second kappa shape index (κ2) is 4.94. The van der Waals surface area contributed by atoms with E-state index in [0.29, 0.717) is 0 Å². The predicted molar refractivity (Wildman–Crippen MR) is 51.6 cm³/mol. The molecule has 0 bridgehead atoms. The van der Waals surface area contributed by atoms with Gasteiger partial charge >= 0.3 is 0 Å². The van der Waals surface area contributed by atoms with E-state index in [0.717, 1.165) is 12.1 Å². The molecule has 0 aromatic heterocycles. The molecule has 1 atom stereocenters. The van der Waals surface area contributed by atoms with E-state index in [1.54, 1.807) is 0 Å². The number of benzene rings is 1. The van der Waals surface area contributed by atoms with Crippen LogP contribution in [0.4, 0.5) is 17.6 Å². The molecule has 1 aromatic carbocycles. The fourth-order valence-electron chi connectivity index (χ4n) is 1.22. The van der Waals surface area contributed by atoms with E-state index >= 15 is 0 Å². The zero-order chi connectivity index (χ0) is 11.6. The monoisotopic (exact) mass is 285 g/mol. The lowest BCUT2D eigenvalue weighted by molar-refractivity contribution is 0.127. The van der Waals surface area contributed by atoms with E-state index in [9.17, 15) is 17.6 Å². The molecule has 0 saturated heterocycles. The van der Waals surface area contributed by atoms with E-state index in [-0.39, 0.29) is 4.47 Å². The van der Waals surface area contributed by atoms with Gasteiger partial charge in [0.25, 0.3) is 0 Å². The molecule has 0 aliphatic rings. The summed E-state index contributed by atoms with van der Waals surface area (Å²) in [6, 6.07) is 0.645. The SMILES string of the molecule is N[C@@H](CC(F)F)c1c(F)cc(Br)cc1F. The van der Waals surface area contributed by atoms with Crippen LogP contribution in [-0.2, 0) is 0 Å². The molecule has 0 aliphatic heterocycles. The maximum atomic E-state index is 13.2. The number of rotatable bonds is 3. The minimum absolute atomic E-state index is 0.200. The third kappa shape index (κ3) is 3.17. The van der Waals surface area contributed by atoms with Gasteiger partial charge in [-0.15, -0.1) is 0 Å². The molecule has 15 heavy (non-hydrogen) atoms. The van der Waals surface area contributed by atoms with Crippen LogP contribution in [0.25, 0.3) is 0 Å². The first kappa shape index (κ1) is 12.4. The third-order valence-corrected chi connectivity index (χ3v) is 2.30. The molecule has 0 spiro atoms. The number of halogens is 5. The van der Waals surface area contributed by atoms with Crippen LogP contribution in [-0.4, -0.2) is 6.43 Å². The molecule has 1 aromatic rings. The Morgan fingerprint density at radius 3 is 2.07 bits per heavy atom. The van der Waals surface area contributed by atoms with Crippen molar-refractivity contribution in [3.63, 3.8) is 0 Å². The minimum Gasteiger partial charge on any atom is -0.324 e. The Balaban J connectivity index is 3.03. The van der Waals surface area contributed by atoms with Crippen molar-refractivity contribution in [2.75, 3.05) is 0 Å². The molecule has 0 radical (unpaired) electrons. The van der Waals surface area contributed by atoms with E-state index in [1.165, 1.54) is 0 Å². The Kier molecular flexibility index (Phi) is 4.10. The Morgan fingerprint density at radius 2 is 1.67 bits per heavy atom. The van der Waals surface area contributed by atoms with Crippen LogP contribution in [0, 0.1) is 11.6 Å². The molecule has 84 valence electrons. The molecule has 6 heteroatoms. The summed E-state index contributed by atoms with van der Waals surface area (Å²) in [7, 11) is 0. The fourth-order valence-corrected chi connectivity index (χ4v) is 1.62. The van der Waals surface area contributed by atoms with Gasteiger partial charge in [-0.25, -0.2) is 17.6 Å². The first-order valence-corrected chi connectivity index (χ1v) is 4.89. The van der Waals surface area contributed by atoms with Gasteiger partial charge in [-0.3, -0.25) is 0 Å². The Labute approximate surface area is 92.4 Å². The maximum absolute atomic E-state index is 13.2. The van der Waals surface area contributed by atoms with Gasteiger partial charge < -0.3 is 5.73 Å². The van der Waals surface area contributed by atoms with Crippen molar-refractivity contribution < 1.29 is 17.6 Å². The van der Waals surface area contributed by atoms with E-state index in [2.05, 4.69) is 15.9 Å². The highest BCUT2D eigenvalue weighted by Gasteiger charge is 2.20. The Hall–Kier alpha value is -0.620. The van der Waals surface area contributed by atoms with Gasteiger partial charge in [-0.05, 0) is 12.1 Å². The van der Waals surface area contributed by atoms with E-state index in [4.69, 9.17) is 5.73 Å². The average Bonchev–Trinajstić information content (AvgIpc) is 1.99. The quantitative estimate of drug-likeness (QED) is 0.847. The summed E-state index contributed by atoms with van der Waals surface area (Å²) in [5.74, 6) is -1.84. The molecule has 0 aliphatic carbocycles. The van der Waals surface area contributed by atoms with Gasteiger partial charge in [0.2, 0.25) is 6.43 Å². The smallest absolute Gasteiger partial charge is 0.240 e. The topological polar surface area (TPSA) is 26.0 Å².